The first kappa shape index (κ1) is 14.6. The van der Waals surface area contributed by atoms with Crippen LogP contribution >= 0.6 is 31.9 Å². The molecule has 0 fully saturated rings. The molecule has 2 rings (SSSR count). The lowest BCUT2D eigenvalue weighted by Crippen LogP contribution is -2.15. The minimum absolute atomic E-state index is 0.280. The van der Waals surface area contributed by atoms with Crippen molar-refractivity contribution >= 4 is 31.9 Å². The highest BCUT2D eigenvalue weighted by Gasteiger charge is 2.18. The van der Waals surface area contributed by atoms with E-state index in [0.29, 0.717) is 5.56 Å². The molecular formula is C14H11Br2F2N. The van der Waals surface area contributed by atoms with Gasteiger partial charge in [0.1, 0.15) is 11.6 Å². The molecule has 2 aromatic carbocycles. The van der Waals surface area contributed by atoms with Gasteiger partial charge in [0.2, 0.25) is 0 Å². The molecule has 0 spiro atoms. The van der Waals surface area contributed by atoms with Crippen LogP contribution in [-0.4, -0.2) is 0 Å². The molecule has 1 unspecified atom stereocenters. The summed E-state index contributed by atoms with van der Waals surface area (Å²) in [4.78, 5) is 0. The molecule has 0 aliphatic rings. The monoisotopic (exact) mass is 389 g/mol. The molecule has 0 aliphatic carbocycles. The van der Waals surface area contributed by atoms with Crippen LogP contribution in [0.3, 0.4) is 0 Å². The second kappa shape index (κ2) is 5.69. The first-order valence-corrected chi connectivity index (χ1v) is 7.15. The highest BCUT2D eigenvalue weighted by atomic mass is 79.9. The SMILES string of the molecule is Cc1cc(C(N)c2ccc(Br)cc2Br)c(F)cc1F. The van der Waals surface area contributed by atoms with Gasteiger partial charge >= 0.3 is 0 Å². The third-order valence-electron chi connectivity index (χ3n) is 2.91. The third kappa shape index (κ3) is 3.04. The fraction of sp³-hybridized carbons (Fsp3) is 0.143. The van der Waals surface area contributed by atoms with Crippen molar-refractivity contribution in [2.75, 3.05) is 0 Å². The van der Waals surface area contributed by atoms with Crippen molar-refractivity contribution in [3.63, 3.8) is 0 Å². The predicted octanol–water partition coefficient (Wildman–Crippen LogP) is 4.85. The Morgan fingerprint density at radius 1 is 1.00 bits per heavy atom. The molecule has 5 heteroatoms. The van der Waals surface area contributed by atoms with Crippen molar-refractivity contribution in [3.8, 4) is 0 Å². The Hall–Kier alpha value is -0.780. The van der Waals surface area contributed by atoms with Crippen LogP contribution in [-0.2, 0) is 0 Å². The number of nitrogens with two attached hydrogens (primary N) is 1. The lowest BCUT2D eigenvalue weighted by atomic mass is 9.97. The fourth-order valence-electron chi connectivity index (χ4n) is 1.84. The Morgan fingerprint density at radius 3 is 2.32 bits per heavy atom. The van der Waals surface area contributed by atoms with Gasteiger partial charge in [-0.3, -0.25) is 0 Å². The largest absolute Gasteiger partial charge is 0.320 e. The summed E-state index contributed by atoms with van der Waals surface area (Å²) in [6.07, 6.45) is 0. The summed E-state index contributed by atoms with van der Waals surface area (Å²) in [5, 5.41) is 0. The Morgan fingerprint density at radius 2 is 1.68 bits per heavy atom. The van der Waals surface area contributed by atoms with E-state index in [9.17, 15) is 8.78 Å². The van der Waals surface area contributed by atoms with Crippen molar-refractivity contribution in [1.82, 2.24) is 0 Å². The molecule has 0 amide bonds. The lowest BCUT2D eigenvalue weighted by molar-refractivity contribution is 0.560. The maximum atomic E-state index is 13.8. The smallest absolute Gasteiger partial charge is 0.131 e. The van der Waals surface area contributed by atoms with Gasteiger partial charge in [-0.05, 0) is 36.2 Å². The summed E-state index contributed by atoms with van der Waals surface area (Å²) in [6.45, 7) is 1.58. The molecule has 100 valence electrons. The van der Waals surface area contributed by atoms with E-state index in [1.54, 1.807) is 13.0 Å². The minimum atomic E-state index is -0.651. The molecule has 0 aliphatic heterocycles. The zero-order valence-corrected chi connectivity index (χ0v) is 13.2. The van der Waals surface area contributed by atoms with Gasteiger partial charge in [0.15, 0.2) is 0 Å². The molecule has 0 saturated heterocycles. The molecule has 0 heterocycles. The van der Waals surface area contributed by atoms with Crippen LogP contribution in [0.25, 0.3) is 0 Å². The Kier molecular flexibility index (Phi) is 4.38. The number of halogens is 4. The van der Waals surface area contributed by atoms with Gasteiger partial charge in [-0.15, -0.1) is 0 Å². The quantitative estimate of drug-likeness (QED) is 0.779. The van der Waals surface area contributed by atoms with Crippen molar-refractivity contribution < 1.29 is 8.78 Å². The Balaban J connectivity index is 2.49. The molecular weight excluding hydrogens is 380 g/mol. The Labute approximate surface area is 127 Å². The molecule has 0 bridgehead atoms. The van der Waals surface area contributed by atoms with Crippen LogP contribution in [0, 0.1) is 18.6 Å². The van der Waals surface area contributed by atoms with Crippen molar-refractivity contribution in [3.05, 3.63) is 67.6 Å². The summed E-state index contributed by atoms with van der Waals surface area (Å²) in [6, 6.07) is 7.14. The van der Waals surface area contributed by atoms with Gasteiger partial charge in [-0.2, -0.15) is 0 Å². The van der Waals surface area contributed by atoms with Gasteiger partial charge in [0.25, 0.3) is 0 Å². The summed E-state index contributed by atoms with van der Waals surface area (Å²) in [5.74, 6) is -1.20. The minimum Gasteiger partial charge on any atom is -0.320 e. The molecule has 1 atom stereocenters. The maximum Gasteiger partial charge on any atom is 0.131 e. The van der Waals surface area contributed by atoms with E-state index in [1.165, 1.54) is 6.07 Å². The van der Waals surface area contributed by atoms with E-state index < -0.39 is 17.7 Å². The molecule has 0 aromatic heterocycles. The normalized spacial score (nSPS) is 12.5. The third-order valence-corrected chi connectivity index (χ3v) is 4.09. The zero-order chi connectivity index (χ0) is 14.2. The van der Waals surface area contributed by atoms with Gasteiger partial charge in [-0.1, -0.05) is 37.9 Å². The highest BCUT2D eigenvalue weighted by molar-refractivity contribution is 9.11. The van der Waals surface area contributed by atoms with Crippen LogP contribution in [0.1, 0.15) is 22.7 Å². The molecule has 0 radical (unpaired) electrons. The van der Waals surface area contributed by atoms with Crippen LogP contribution in [0.2, 0.25) is 0 Å². The average Bonchev–Trinajstić information content (AvgIpc) is 2.33. The van der Waals surface area contributed by atoms with Crippen LogP contribution in [0.15, 0.2) is 39.3 Å². The molecule has 0 saturated carbocycles. The summed E-state index contributed by atoms with van der Waals surface area (Å²) >= 11 is 6.74. The van der Waals surface area contributed by atoms with Crippen molar-refractivity contribution in [1.29, 1.82) is 0 Å². The number of hydrogen-bond acceptors (Lipinski definition) is 1. The van der Waals surface area contributed by atoms with E-state index in [-0.39, 0.29) is 5.56 Å². The maximum absolute atomic E-state index is 13.8. The van der Waals surface area contributed by atoms with Crippen LogP contribution in [0.5, 0.6) is 0 Å². The number of benzene rings is 2. The molecule has 19 heavy (non-hydrogen) atoms. The van der Waals surface area contributed by atoms with Gasteiger partial charge < -0.3 is 5.73 Å². The average molecular weight is 391 g/mol. The molecule has 2 aromatic rings. The number of hydrogen-bond donors (Lipinski definition) is 1. The summed E-state index contributed by atoms with van der Waals surface area (Å²) in [5.41, 5.74) is 7.48. The van der Waals surface area contributed by atoms with Crippen molar-refractivity contribution in [2.45, 2.75) is 13.0 Å². The van der Waals surface area contributed by atoms with Gasteiger partial charge in [0.05, 0.1) is 6.04 Å². The van der Waals surface area contributed by atoms with E-state index in [2.05, 4.69) is 31.9 Å². The van der Waals surface area contributed by atoms with E-state index in [0.717, 1.165) is 20.6 Å². The second-order valence-corrected chi connectivity index (χ2v) is 6.04. The number of rotatable bonds is 2. The highest BCUT2D eigenvalue weighted by Crippen LogP contribution is 2.31. The first-order valence-electron chi connectivity index (χ1n) is 5.56. The summed E-state index contributed by atoms with van der Waals surface area (Å²) in [7, 11) is 0. The van der Waals surface area contributed by atoms with E-state index in [4.69, 9.17) is 5.73 Å². The van der Waals surface area contributed by atoms with Crippen LogP contribution < -0.4 is 5.73 Å². The predicted molar refractivity (Wildman–Crippen MR) is 79.0 cm³/mol. The van der Waals surface area contributed by atoms with Gasteiger partial charge in [0, 0.05) is 20.6 Å². The zero-order valence-electron chi connectivity index (χ0n) is 10.1. The lowest BCUT2D eigenvalue weighted by Gasteiger charge is -2.16. The van der Waals surface area contributed by atoms with Crippen LogP contribution in [0.4, 0.5) is 8.78 Å². The first-order chi connectivity index (χ1) is 8.90. The standard InChI is InChI=1S/C14H11Br2F2N/c1-7-4-10(13(18)6-12(7)17)14(19)9-3-2-8(15)5-11(9)16/h2-6,14H,19H2,1H3. The number of aryl methyl sites for hydroxylation is 1. The van der Waals surface area contributed by atoms with E-state index >= 15 is 0 Å². The van der Waals surface area contributed by atoms with E-state index in [1.807, 2.05) is 12.1 Å². The molecule has 2 N–H and O–H groups in total. The Bertz CT molecular complexity index is 629. The summed E-state index contributed by atoms with van der Waals surface area (Å²) < 4.78 is 28.8. The topological polar surface area (TPSA) is 26.0 Å². The molecule has 1 nitrogen and oxygen atoms in total. The van der Waals surface area contributed by atoms with Crippen molar-refractivity contribution in [2.24, 2.45) is 5.73 Å². The fourth-order valence-corrected chi connectivity index (χ4v) is 3.13. The second-order valence-electron chi connectivity index (χ2n) is 4.27. The van der Waals surface area contributed by atoms with Gasteiger partial charge in [-0.25, -0.2) is 8.78 Å².